The third kappa shape index (κ3) is 2.61. The summed E-state index contributed by atoms with van der Waals surface area (Å²) in [5.74, 6) is 1.09. The lowest BCUT2D eigenvalue weighted by molar-refractivity contribution is -0.144. The molecule has 0 radical (unpaired) electrons. The Morgan fingerprint density at radius 3 is 2.69 bits per heavy atom. The summed E-state index contributed by atoms with van der Waals surface area (Å²) in [4.78, 5) is 11.1. The van der Waals surface area contributed by atoms with E-state index in [1.54, 1.807) is 11.8 Å². The van der Waals surface area contributed by atoms with Crippen molar-refractivity contribution >= 4 is 17.7 Å². The Labute approximate surface area is 83.3 Å². The maximum absolute atomic E-state index is 11.1. The summed E-state index contributed by atoms with van der Waals surface area (Å²) in [6, 6.07) is 0.231. The molecule has 0 bridgehead atoms. The molecule has 2 N–H and O–H groups in total. The van der Waals surface area contributed by atoms with Crippen molar-refractivity contribution in [3.63, 3.8) is 0 Å². The Bertz CT molecular complexity index is 188. The fourth-order valence-corrected chi connectivity index (χ4v) is 2.88. The van der Waals surface area contributed by atoms with Gasteiger partial charge in [-0.1, -0.05) is 0 Å². The largest absolute Gasteiger partial charge is 0.480 e. The van der Waals surface area contributed by atoms with Gasteiger partial charge in [-0.15, -0.1) is 0 Å². The number of rotatable bonds is 3. The van der Waals surface area contributed by atoms with Gasteiger partial charge >= 0.3 is 5.97 Å². The second-order valence-corrected chi connectivity index (χ2v) is 4.95. The molecule has 1 aliphatic rings. The molecule has 13 heavy (non-hydrogen) atoms. The Balaban J connectivity index is 2.67. The van der Waals surface area contributed by atoms with Gasteiger partial charge in [-0.3, -0.25) is 10.1 Å². The summed E-state index contributed by atoms with van der Waals surface area (Å²) in [5, 5.41) is 12.3. The Morgan fingerprint density at radius 1 is 1.62 bits per heavy atom. The Kier molecular flexibility index (Phi) is 3.62. The van der Waals surface area contributed by atoms with Gasteiger partial charge in [0.2, 0.25) is 0 Å². The molecule has 1 rings (SSSR count). The van der Waals surface area contributed by atoms with E-state index in [0.717, 1.165) is 18.6 Å². The Hall–Kier alpha value is -0.220. The van der Waals surface area contributed by atoms with Crippen LogP contribution in [0.1, 0.15) is 26.7 Å². The molecule has 0 aromatic heterocycles. The molecule has 3 nitrogen and oxygen atoms in total. The summed E-state index contributed by atoms with van der Waals surface area (Å²) in [7, 11) is 0. The summed E-state index contributed by atoms with van der Waals surface area (Å²) in [6.45, 7) is 3.98. The van der Waals surface area contributed by atoms with Crippen molar-refractivity contribution in [2.24, 2.45) is 0 Å². The average Bonchev–Trinajstić information content (AvgIpc) is 2.04. The first-order valence-corrected chi connectivity index (χ1v) is 5.81. The summed E-state index contributed by atoms with van der Waals surface area (Å²) < 4.78 is 0. The van der Waals surface area contributed by atoms with E-state index < -0.39 is 11.5 Å². The molecule has 0 aliphatic carbocycles. The fourth-order valence-electron chi connectivity index (χ4n) is 1.69. The van der Waals surface area contributed by atoms with Gasteiger partial charge in [-0.05, 0) is 32.4 Å². The van der Waals surface area contributed by atoms with Crippen molar-refractivity contribution in [3.05, 3.63) is 0 Å². The zero-order valence-corrected chi connectivity index (χ0v) is 8.99. The minimum atomic E-state index is -0.701. The van der Waals surface area contributed by atoms with Gasteiger partial charge in [0.05, 0.1) is 0 Å². The molecule has 76 valence electrons. The minimum Gasteiger partial charge on any atom is -0.480 e. The summed E-state index contributed by atoms with van der Waals surface area (Å²) in [6.07, 6.45) is 1.75. The van der Waals surface area contributed by atoms with Crippen molar-refractivity contribution in [1.82, 2.24) is 5.32 Å². The molecule has 1 saturated heterocycles. The SMILES string of the molecule is CC(C)NC1(C(=O)O)CCCSC1. The van der Waals surface area contributed by atoms with Gasteiger partial charge in [-0.25, -0.2) is 0 Å². The predicted molar refractivity (Wildman–Crippen MR) is 55.2 cm³/mol. The average molecular weight is 203 g/mol. The van der Waals surface area contributed by atoms with Gasteiger partial charge in [-0.2, -0.15) is 11.8 Å². The van der Waals surface area contributed by atoms with Crippen molar-refractivity contribution in [2.45, 2.75) is 38.3 Å². The standard InChI is InChI=1S/C9H17NO2S/c1-7(2)10-9(8(11)12)4-3-5-13-6-9/h7,10H,3-6H2,1-2H3,(H,11,12). The van der Waals surface area contributed by atoms with E-state index in [2.05, 4.69) is 5.32 Å². The smallest absolute Gasteiger partial charge is 0.324 e. The maximum atomic E-state index is 11.1. The van der Waals surface area contributed by atoms with Crippen LogP contribution in [0, 0.1) is 0 Å². The normalized spacial score (nSPS) is 29.2. The lowest BCUT2D eigenvalue weighted by atomic mass is 9.94. The summed E-state index contributed by atoms with van der Waals surface area (Å²) >= 11 is 1.73. The highest BCUT2D eigenvalue weighted by Gasteiger charge is 2.40. The van der Waals surface area contributed by atoms with Crippen LogP contribution in [0.15, 0.2) is 0 Å². The van der Waals surface area contributed by atoms with Gasteiger partial charge < -0.3 is 5.11 Å². The zero-order chi connectivity index (χ0) is 9.90. The number of nitrogens with one attached hydrogen (secondary N) is 1. The monoisotopic (exact) mass is 203 g/mol. The molecule has 0 aromatic rings. The lowest BCUT2D eigenvalue weighted by Gasteiger charge is -2.35. The molecule has 4 heteroatoms. The molecular weight excluding hydrogens is 186 g/mol. The molecule has 0 saturated carbocycles. The topological polar surface area (TPSA) is 49.3 Å². The number of carboxylic acids is 1. The third-order valence-electron chi connectivity index (χ3n) is 2.22. The van der Waals surface area contributed by atoms with E-state index in [4.69, 9.17) is 5.11 Å². The first-order chi connectivity index (χ1) is 6.07. The molecule has 1 fully saturated rings. The highest BCUT2D eigenvalue weighted by atomic mass is 32.2. The van der Waals surface area contributed by atoms with Crippen molar-refractivity contribution in [2.75, 3.05) is 11.5 Å². The molecule has 0 aromatic carbocycles. The van der Waals surface area contributed by atoms with E-state index in [1.807, 2.05) is 13.8 Å². The van der Waals surface area contributed by atoms with Crippen LogP contribution in [0.5, 0.6) is 0 Å². The molecular formula is C9H17NO2S. The first-order valence-electron chi connectivity index (χ1n) is 4.66. The van der Waals surface area contributed by atoms with Crippen LogP contribution in [0.4, 0.5) is 0 Å². The number of aliphatic carboxylic acids is 1. The van der Waals surface area contributed by atoms with Crippen LogP contribution in [0.25, 0.3) is 0 Å². The zero-order valence-electron chi connectivity index (χ0n) is 8.17. The molecule has 1 atom stereocenters. The predicted octanol–water partition coefficient (Wildman–Crippen LogP) is 1.33. The third-order valence-corrected chi connectivity index (χ3v) is 3.49. The van der Waals surface area contributed by atoms with Crippen molar-refractivity contribution in [3.8, 4) is 0 Å². The number of hydrogen-bond donors (Lipinski definition) is 2. The van der Waals surface area contributed by atoms with E-state index in [9.17, 15) is 4.79 Å². The Morgan fingerprint density at radius 2 is 2.31 bits per heavy atom. The van der Waals surface area contributed by atoms with Crippen LogP contribution >= 0.6 is 11.8 Å². The number of carboxylic acid groups (broad SMARTS) is 1. The quantitative estimate of drug-likeness (QED) is 0.726. The molecule has 1 aliphatic heterocycles. The van der Waals surface area contributed by atoms with Crippen LogP contribution in [-0.2, 0) is 4.79 Å². The highest BCUT2D eigenvalue weighted by molar-refractivity contribution is 7.99. The number of hydrogen-bond acceptors (Lipinski definition) is 3. The molecule has 0 amide bonds. The minimum absolute atomic E-state index is 0.231. The van der Waals surface area contributed by atoms with Crippen LogP contribution in [0.2, 0.25) is 0 Å². The van der Waals surface area contributed by atoms with Crippen molar-refractivity contribution in [1.29, 1.82) is 0 Å². The second-order valence-electron chi connectivity index (χ2n) is 3.84. The van der Waals surface area contributed by atoms with Crippen LogP contribution in [-0.4, -0.2) is 34.2 Å². The molecule has 1 unspecified atom stereocenters. The fraction of sp³-hybridized carbons (Fsp3) is 0.889. The maximum Gasteiger partial charge on any atom is 0.324 e. The van der Waals surface area contributed by atoms with Crippen LogP contribution in [0.3, 0.4) is 0 Å². The highest BCUT2D eigenvalue weighted by Crippen LogP contribution is 2.27. The van der Waals surface area contributed by atoms with Gasteiger partial charge in [0.1, 0.15) is 5.54 Å². The van der Waals surface area contributed by atoms with Crippen molar-refractivity contribution < 1.29 is 9.90 Å². The van der Waals surface area contributed by atoms with E-state index in [1.165, 1.54) is 0 Å². The van der Waals surface area contributed by atoms with E-state index in [-0.39, 0.29) is 6.04 Å². The van der Waals surface area contributed by atoms with Gasteiger partial charge in [0.15, 0.2) is 0 Å². The van der Waals surface area contributed by atoms with Gasteiger partial charge in [0, 0.05) is 11.8 Å². The van der Waals surface area contributed by atoms with E-state index in [0.29, 0.717) is 5.75 Å². The van der Waals surface area contributed by atoms with E-state index >= 15 is 0 Å². The molecule has 1 heterocycles. The number of thioether (sulfide) groups is 1. The first kappa shape index (κ1) is 10.9. The van der Waals surface area contributed by atoms with Gasteiger partial charge in [0.25, 0.3) is 0 Å². The second kappa shape index (κ2) is 4.33. The lowest BCUT2D eigenvalue weighted by Crippen LogP contribution is -2.57. The summed E-state index contributed by atoms with van der Waals surface area (Å²) in [5.41, 5.74) is -0.670. The number of carbonyl (C=O) groups is 1. The molecule has 0 spiro atoms. The van der Waals surface area contributed by atoms with Crippen LogP contribution < -0.4 is 5.32 Å².